The molecule has 2 N–H and O–H groups in total. The highest BCUT2D eigenvalue weighted by Gasteiger charge is 2.64. The minimum Gasteiger partial charge on any atom is -0.386 e. The highest BCUT2D eigenvalue weighted by atomic mass is 16.3. The number of nitrogens with zero attached hydrogens (tertiary/aromatic N) is 7. The van der Waals surface area contributed by atoms with E-state index in [4.69, 9.17) is 19.9 Å². The third-order valence-corrected chi connectivity index (χ3v) is 11.3. The SMILES string of the molecule is CC(C)(C)CC(C)(C)Nc1nc2nc(n1)N1C(C)(C)CC(N=C3C([N])C4(O)CCCCCCN(C3(C)C)C4(C)C)C2C1(C)C. The van der Waals surface area contributed by atoms with Crippen molar-refractivity contribution in [2.24, 2.45) is 10.4 Å². The van der Waals surface area contributed by atoms with Crippen molar-refractivity contribution in [3.63, 3.8) is 0 Å². The molecule has 9 nitrogen and oxygen atoms in total. The summed E-state index contributed by atoms with van der Waals surface area (Å²) in [5.74, 6) is 1.95. The van der Waals surface area contributed by atoms with Crippen LogP contribution in [0.4, 0.5) is 11.9 Å². The van der Waals surface area contributed by atoms with E-state index < -0.39 is 22.7 Å². The van der Waals surface area contributed by atoms with Crippen LogP contribution in [0.25, 0.3) is 0 Å². The standard InChI is InChI=1S/C35H60N8O/c1-29(2,3)21-30(4,5)41-27-38-26-23-22(20-31(6,7)43(32(23,8)9)28(39-26)40-27)37-25-24(36)35(44)18-16-14-15-17-19-42(33(25,10)11)34(35,12)13/h22-24,44H,14-21H2,1-13H3,(H,38,39,40,41). The third-order valence-electron chi connectivity index (χ3n) is 11.3. The molecule has 3 fully saturated rings. The summed E-state index contributed by atoms with van der Waals surface area (Å²) in [6.45, 7) is 29.6. The van der Waals surface area contributed by atoms with Crippen LogP contribution < -0.4 is 16.0 Å². The van der Waals surface area contributed by atoms with Crippen LogP contribution >= 0.6 is 0 Å². The molecule has 5 heterocycles. The van der Waals surface area contributed by atoms with Crippen molar-refractivity contribution in [3.8, 4) is 0 Å². The summed E-state index contributed by atoms with van der Waals surface area (Å²) >= 11 is 0. The van der Waals surface area contributed by atoms with Gasteiger partial charge in [-0.05, 0) is 107 Å². The number of fused-ring (bicyclic) bond motifs is 8. The summed E-state index contributed by atoms with van der Waals surface area (Å²) in [7, 11) is 0. The highest BCUT2D eigenvalue weighted by molar-refractivity contribution is 5.99. The van der Waals surface area contributed by atoms with E-state index in [9.17, 15) is 10.8 Å². The number of aliphatic hydroxyl groups is 1. The molecular weight excluding hydrogens is 548 g/mol. The molecule has 9 heteroatoms. The van der Waals surface area contributed by atoms with Crippen molar-refractivity contribution in [2.75, 3.05) is 16.8 Å². The largest absolute Gasteiger partial charge is 0.386 e. The van der Waals surface area contributed by atoms with Gasteiger partial charge in [0.15, 0.2) is 0 Å². The Bertz CT molecular complexity index is 1290. The minimum atomic E-state index is -1.29. The van der Waals surface area contributed by atoms with E-state index in [1.807, 2.05) is 0 Å². The summed E-state index contributed by atoms with van der Waals surface area (Å²) < 4.78 is 0. The van der Waals surface area contributed by atoms with Gasteiger partial charge < -0.3 is 15.3 Å². The van der Waals surface area contributed by atoms with Crippen molar-refractivity contribution in [1.82, 2.24) is 25.6 Å². The van der Waals surface area contributed by atoms with Gasteiger partial charge in [0, 0.05) is 16.6 Å². The summed E-state index contributed by atoms with van der Waals surface area (Å²) in [6, 6.07) is -1.23. The fraction of sp³-hybridized carbons (Fsp3) is 0.886. The Balaban J connectivity index is 1.62. The molecule has 1 aromatic heterocycles. The number of aliphatic imine (C=N–C) groups is 1. The zero-order chi connectivity index (χ0) is 32.9. The Kier molecular flexibility index (Phi) is 7.87. The number of anilines is 2. The molecule has 44 heavy (non-hydrogen) atoms. The van der Waals surface area contributed by atoms with Gasteiger partial charge in [-0.15, -0.1) is 5.73 Å². The molecule has 4 aliphatic heterocycles. The Labute approximate surface area is 267 Å². The summed E-state index contributed by atoms with van der Waals surface area (Å²) in [5, 5.41) is 16.0. The first-order valence-corrected chi connectivity index (χ1v) is 17.1. The summed E-state index contributed by atoms with van der Waals surface area (Å²) in [4.78, 5) is 25.4. The van der Waals surface area contributed by atoms with Crippen LogP contribution in [0.15, 0.2) is 4.99 Å². The Hall–Kier alpha value is -1.84. The molecule has 5 atom stereocenters. The van der Waals surface area contributed by atoms with Crippen LogP contribution in [0, 0.1) is 5.41 Å². The first-order chi connectivity index (χ1) is 19.9. The molecule has 5 unspecified atom stereocenters. The normalized spacial score (nSPS) is 35.0. The summed E-state index contributed by atoms with van der Waals surface area (Å²) in [5.41, 5.74) is 9.72. The third kappa shape index (κ3) is 5.36. The average molecular weight is 609 g/mol. The number of rotatable bonds is 4. The fourth-order valence-corrected chi connectivity index (χ4v) is 9.99. The van der Waals surface area contributed by atoms with Crippen LogP contribution in [0.5, 0.6) is 0 Å². The van der Waals surface area contributed by atoms with E-state index >= 15 is 0 Å². The second kappa shape index (κ2) is 10.3. The van der Waals surface area contributed by atoms with Gasteiger partial charge in [-0.1, -0.05) is 40.0 Å². The van der Waals surface area contributed by atoms with E-state index in [-0.39, 0.29) is 34.0 Å². The number of aromatic nitrogens is 3. The van der Waals surface area contributed by atoms with Crippen molar-refractivity contribution in [1.29, 1.82) is 0 Å². The van der Waals surface area contributed by atoms with E-state index in [1.165, 1.54) is 0 Å². The molecule has 2 radical (unpaired) electrons. The molecule has 0 saturated carbocycles. The minimum absolute atomic E-state index is 0.111. The van der Waals surface area contributed by atoms with Gasteiger partial charge in [0.2, 0.25) is 11.9 Å². The van der Waals surface area contributed by atoms with Gasteiger partial charge in [0.1, 0.15) is 17.5 Å². The van der Waals surface area contributed by atoms with Crippen LogP contribution in [0.2, 0.25) is 0 Å². The van der Waals surface area contributed by atoms with Crippen LogP contribution in [0.1, 0.15) is 147 Å². The zero-order valence-corrected chi connectivity index (χ0v) is 30.0. The van der Waals surface area contributed by atoms with Crippen molar-refractivity contribution >= 4 is 17.6 Å². The average Bonchev–Trinajstić information content (AvgIpc) is 2.85. The maximum atomic E-state index is 12.4. The van der Waals surface area contributed by atoms with E-state index in [1.54, 1.807) is 0 Å². The van der Waals surface area contributed by atoms with Crippen LogP contribution in [0.3, 0.4) is 0 Å². The lowest BCUT2D eigenvalue weighted by Crippen LogP contribution is -2.79. The second-order valence-electron chi connectivity index (χ2n) is 18.4. The second-order valence-corrected chi connectivity index (χ2v) is 18.4. The quantitative estimate of drug-likeness (QED) is 0.420. The number of piperidine rings is 2. The van der Waals surface area contributed by atoms with Gasteiger partial charge in [-0.25, -0.2) is 0 Å². The smallest absolute Gasteiger partial charge is 0.231 e. The Morgan fingerprint density at radius 1 is 0.932 bits per heavy atom. The van der Waals surface area contributed by atoms with Crippen molar-refractivity contribution in [3.05, 3.63) is 5.82 Å². The van der Waals surface area contributed by atoms with Crippen molar-refractivity contribution in [2.45, 2.75) is 186 Å². The van der Waals surface area contributed by atoms with E-state index in [0.717, 1.165) is 50.9 Å². The number of hydrogen-bond acceptors (Lipinski definition) is 8. The molecule has 0 aromatic carbocycles. The predicted molar refractivity (Wildman–Crippen MR) is 180 cm³/mol. The molecule has 246 valence electrons. The predicted octanol–water partition coefficient (Wildman–Crippen LogP) is 6.18. The fourth-order valence-electron chi connectivity index (χ4n) is 9.99. The topological polar surface area (TPSA) is 112 Å². The van der Waals surface area contributed by atoms with Gasteiger partial charge >= 0.3 is 0 Å². The maximum Gasteiger partial charge on any atom is 0.231 e. The zero-order valence-electron chi connectivity index (χ0n) is 30.0. The molecule has 0 amide bonds. The molecule has 5 rings (SSSR count). The maximum absolute atomic E-state index is 12.4. The van der Waals surface area contributed by atoms with E-state index in [0.29, 0.717) is 24.0 Å². The monoisotopic (exact) mass is 608 g/mol. The molecule has 1 aromatic rings. The molecule has 6 bridgehead atoms. The van der Waals surface area contributed by atoms with Crippen LogP contribution in [-0.2, 0) is 0 Å². The summed E-state index contributed by atoms with van der Waals surface area (Å²) in [6.07, 6.45) is 6.45. The van der Waals surface area contributed by atoms with Crippen molar-refractivity contribution < 1.29 is 5.11 Å². The molecule has 0 aliphatic carbocycles. The lowest BCUT2D eigenvalue weighted by atomic mass is 9.63. The highest BCUT2D eigenvalue weighted by Crippen LogP contribution is 2.53. The van der Waals surface area contributed by atoms with Crippen LogP contribution in [-0.4, -0.2) is 82.6 Å². The molecular formula is C35H60N8O. The van der Waals surface area contributed by atoms with E-state index in [2.05, 4.69) is 105 Å². The lowest BCUT2D eigenvalue weighted by Gasteiger charge is -2.63. The number of nitrogens with one attached hydrogen (secondary N) is 1. The number of hydrogen-bond donors (Lipinski definition) is 2. The Morgan fingerprint density at radius 2 is 1.57 bits per heavy atom. The van der Waals surface area contributed by atoms with Gasteiger partial charge in [0.05, 0.1) is 28.7 Å². The molecule has 3 saturated heterocycles. The van der Waals surface area contributed by atoms with Gasteiger partial charge in [-0.2, -0.15) is 15.0 Å². The first kappa shape index (κ1) is 33.5. The molecule has 0 spiro atoms. The Morgan fingerprint density at radius 3 is 2.20 bits per heavy atom. The molecule has 4 aliphatic rings. The first-order valence-electron chi connectivity index (χ1n) is 17.1. The lowest BCUT2D eigenvalue weighted by molar-refractivity contribution is -0.142. The van der Waals surface area contributed by atoms with Gasteiger partial charge in [0.25, 0.3) is 0 Å². The van der Waals surface area contributed by atoms with Gasteiger partial charge in [-0.3, -0.25) is 9.89 Å².